The molecule has 0 aliphatic carbocycles. The van der Waals surface area contributed by atoms with Crippen LogP contribution in [0, 0.1) is 0 Å². The van der Waals surface area contributed by atoms with Crippen molar-refractivity contribution in [1.82, 2.24) is 9.88 Å². The Kier molecular flexibility index (Phi) is 5.04. The SMILES string of the molecule is CCCCN(CCO)C(=O)c1cc2ccc(Cl)cc2[nH]1. The molecule has 0 fully saturated rings. The fourth-order valence-corrected chi connectivity index (χ4v) is 2.34. The van der Waals surface area contributed by atoms with Crippen LogP contribution in [0.3, 0.4) is 0 Å². The lowest BCUT2D eigenvalue weighted by molar-refractivity contribution is 0.0714. The lowest BCUT2D eigenvalue weighted by Crippen LogP contribution is -2.34. The Labute approximate surface area is 123 Å². The van der Waals surface area contributed by atoms with E-state index in [-0.39, 0.29) is 12.5 Å². The fraction of sp³-hybridized carbons (Fsp3) is 0.400. The number of fused-ring (bicyclic) bond motifs is 1. The van der Waals surface area contributed by atoms with Crippen LogP contribution in [-0.2, 0) is 0 Å². The first-order valence-electron chi connectivity index (χ1n) is 6.84. The summed E-state index contributed by atoms with van der Waals surface area (Å²) in [5.74, 6) is -0.0835. The van der Waals surface area contributed by atoms with Crippen molar-refractivity contribution < 1.29 is 9.90 Å². The highest BCUT2D eigenvalue weighted by molar-refractivity contribution is 6.31. The van der Waals surface area contributed by atoms with Gasteiger partial charge >= 0.3 is 0 Å². The van der Waals surface area contributed by atoms with Gasteiger partial charge in [0.05, 0.1) is 6.61 Å². The molecule has 0 bridgehead atoms. The maximum absolute atomic E-state index is 12.4. The second kappa shape index (κ2) is 6.77. The van der Waals surface area contributed by atoms with Crippen LogP contribution < -0.4 is 0 Å². The molecule has 0 radical (unpaired) electrons. The summed E-state index contributed by atoms with van der Waals surface area (Å²) in [6.07, 6.45) is 1.94. The van der Waals surface area contributed by atoms with Crippen LogP contribution in [0.15, 0.2) is 24.3 Å². The summed E-state index contributed by atoms with van der Waals surface area (Å²) in [5, 5.41) is 10.7. The van der Waals surface area contributed by atoms with Crippen molar-refractivity contribution in [2.75, 3.05) is 19.7 Å². The van der Waals surface area contributed by atoms with E-state index in [2.05, 4.69) is 11.9 Å². The number of amides is 1. The summed E-state index contributed by atoms with van der Waals surface area (Å²) in [6.45, 7) is 3.06. The molecule has 2 aromatic rings. The summed E-state index contributed by atoms with van der Waals surface area (Å²) in [5.41, 5.74) is 1.38. The Morgan fingerprint density at radius 1 is 1.35 bits per heavy atom. The number of rotatable bonds is 6. The molecule has 2 rings (SSSR count). The van der Waals surface area contributed by atoms with Gasteiger partial charge in [0, 0.05) is 29.0 Å². The highest BCUT2D eigenvalue weighted by Gasteiger charge is 2.17. The Hall–Kier alpha value is -1.52. The Morgan fingerprint density at radius 2 is 2.15 bits per heavy atom. The van der Waals surface area contributed by atoms with Gasteiger partial charge in [-0.3, -0.25) is 4.79 Å². The topological polar surface area (TPSA) is 56.3 Å². The van der Waals surface area contributed by atoms with Crippen molar-refractivity contribution in [2.45, 2.75) is 19.8 Å². The van der Waals surface area contributed by atoms with E-state index in [9.17, 15) is 4.79 Å². The minimum atomic E-state index is -0.0835. The predicted octanol–water partition coefficient (Wildman–Crippen LogP) is 3.06. The molecule has 0 unspecified atom stereocenters. The molecule has 5 heteroatoms. The third-order valence-corrected chi connectivity index (χ3v) is 3.49. The average molecular weight is 295 g/mol. The number of aromatic amines is 1. The third-order valence-electron chi connectivity index (χ3n) is 3.25. The van der Waals surface area contributed by atoms with Crippen LogP contribution in [0.25, 0.3) is 10.9 Å². The number of aliphatic hydroxyl groups excluding tert-OH is 1. The summed E-state index contributed by atoms with van der Waals surface area (Å²) in [7, 11) is 0. The van der Waals surface area contributed by atoms with Gasteiger partial charge in [0.25, 0.3) is 5.91 Å². The Bertz CT molecular complexity index is 595. The van der Waals surface area contributed by atoms with Crippen LogP contribution >= 0.6 is 11.6 Å². The summed E-state index contributed by atoms with van der Waals surface area (Å²) in [4.78, 5) is 17.2. The minimum Gasteiger partial charge on any atom is -0.395 e. The molecular formula is C15H19ClN2O2. The van der Waals surface area contributed by atoms with E-state index in [0.717, 1.165) is 23.7 Å². The number of benzene rings is 1. The summed E-state index contributed by atoms with van der Waals surface area (Å²) in [6, 6.07) is 7.31. The molecule has 1 aromatic heterocycles. The number of halogens is 1. The molecule has 1 amide bonds. The zero-order chi connectivity index (χ0) is 14.5. The first-order valence-corrected chi connectivity index (χ1v) is 7.22. The molecule has 1 aromatic carbocycles. The number of nitrogens with one attached hydrogen (secondary N) is 1. The zero-order valence-electron chi connectivity index (χ0n) is 11.5. The number of aliphatic hydroxyl groups is 1. The number of carbonyl (C=O) groups is 1. The van der Waals surface area contributed by atoms with Gasteiger partial charge in [0.2, 0.25) is 0 Å². The van der Waals surface area contributed by atoms with Gasteiger partial charge in [-0.25, -0.2) is 0 Å². The first kappa shape index (κ1) is 14.9. The number of unbranched alkanes of at least 4 members (excludes halogenated alkanes) is 1. The molecule has 0 aliphatic heterocycles. The second-order valence-electron chi connectivity index (χ2n) is 4.78. The van der Waals surface area contributed by atoms with E-state index < -0.39 is 0 Å². The molecule has 0 atom stereocenters. The Morgan fingerprint density at radius 3 is 2.85 bits per heavy atom. The molecule has 4 nitrogen and oxygen atoms in total. The van der Waals surface area contributed by atoms with Crippen molar-refractivity contribution in [2.24, 2.45) is 0 Å². The van der Waals surface area contributed by atoms with E-state index in [1.807, 2.05) is 12.1 Å². The number of hydrogen-bond acceptors (Lipinski definition) is 2. The fourth-order valence-electron chi connectivity index (χ4n) is 2.17. The van der Waals surface area contributed by atoms with Gasteiger partial charge in [-0.1, -0.05) is 31.0 Å². The van der Waals surface area contributed by atoms with Gasteiger partial charge in [-0.2, -0.15) is 0 Å². The van der Waals surface area contributed by atoms with Crippen molar-refractivity contribution in [3.63, 3.8) is 0 Å². The van der Waals surface area contributed by atoms with Crippen molar-refractivity contribution in [3.8, 4) is 0 Å². The van der Waals surface area contributed by atoms with E-state index in [4.69, 9.17) is 16.7 Å². The number of carbonyl (C=O) groups excluding carboxylic acids is 1. The highest BCUT2D eigenvalue weighted by Crippen LogP contribution is 2.20. The highest BCUT2D eigenvalue weighted by atomic mass is 35.5. The molecule has 2 N–H and O–H groups in total. The molecule has 1 heterocycles. The molecule has 0 spiro atoms. The van der Waals surface area contributed by atoms with E-state index >= 15 is 0 Å². The largest absolute Gasteiger partial charge is 0.395 e. The van der Waals surface area contributed by atoms with E-state index in [1.54, 1.807) is 17.0 Å². The van der Waals surface area contributed by atoms with Gasteiger partial charge in [-0.05, 0) is 24.6 Å². The zero-order valence-corrected chi connectivity index (χ0v) is 12.3. The monoisotopic (exact) mass is 294 g/mol. The lowest BCUT2D eigenvalue weighted by atomic mass is 10.2. The lowest BCUT2D eigenvalue weighted by Gasteiger charge is -2.20. The van der Waals surface area contributed by atoms with Crippen LogP contribution in [0.2, 0.25) is 5.02 Å². The smallest absolute Gasteiger partial charge is 0.270 e. The second-order valence-corrected chi connectivity index (χ2v) is 5.22. The van der Waals surface area contributed by atoms with Gasteiger partial charge in [0.1, 0.15) is 5.69 Å². The number of H-pyrrole nitrogens is 1. The number of hydrogen-bond donors (Lipinski definition) is 2. The number of nitrogens with zero attached hydrogens (tertiary/aromatic N) is 1. The standard InChI is InChI=1S/C15H19ClN2O2/c1-2-3-6-18(7-8-19)15(20)14-9-11-4-5-12(16)10-13(11)17-14/h4-5,9-10,17,19H,2-3,6-8H2,1H3. The Balaban J connectivity index is 2.23. The maximum Gasteiger partial charge on any atom is 0.270 e. The van der Waals surface area contributed by atoms with Crippen LogP contribution in [0.4, 0.5) is 0 Å². The molecule has 108 valence electrons. The maximum atomic E-state index is 12.4. The minimum absolute atomic E-state index is 0.0263. The van der Waals surface area contributed by atoms with E-state index in [0.29, 0.717) is 23.8 Å². The van der Waals surface area contributed by atoms with Crippen LogP contribution in [0.5, 0.6) is 0 Å². The predicted molar refractivity (Wildman–Crippen MR) is 81.2 cm³/mol. The molecular weight excluding hydrogens is 276 g/mol. The van der Waals surface area contributed by atoms with Gasteiger partial charge < -0.3 is 15.0 Å². The van der Waals surface area contributed by atoms with Crippen LogP contribution in [0.1, 0.15) is 30.3 Å². The molecule has 0 saturated heterocycles. The van der Waals surface area contributed by atoms with E-state index in [1.165, 1.54) is 0 Å². The average Bonchev–Trinajstić information content (AvgIpc) is 2.85. The molecule has 0 saturated carbocycles. The first-order chi connectivity index (χ1) is 9.65. The van der Waals surface area contributed by atoms with Crippen molar-refractivity contribution in [1.29, 1.82) is 0 Å². The summed E-state index contributed by atoms with van der Waals surface area (Å²) >= 11 is 5.94. The molecule has 20 heavy (non-hydrogen) atoms. The van der Waals surface area contributed by atoms with Crippen molar-refractivity contribution >= 4 is 28.4 Å². The summed E-state index contributed by atoms with van der Waals surface area (Å²) < 4.78 is 0. The van der Waals surface area contributed by atoms with Gasteiger partial charge in [-0.15, -0.1) is 0 Å². The van der Waals surface area contributed by atoms with Gasteiger partial charge in [0.15, 0.2) is 0 Å². The normalized spacial score (nSPS) is 10.9. The quantitative estimate of drug-likeness (QED) is 0.860. The van der Waals surface area contributed by atoms with Crippen molar-refractivity contribution in [3.05, 3.63) is 35.0 Å². The number of aromatic nitrogens is 1. The van der Waals surface area contributed by atoms with Crippen LogP contribution in [-0.4, -0.2) is 40.6 Å². The molecule has 0 aliphatic rings. The third kappa shape index (κ3) is 3.32.